The zero-order valence-corrected chi connectivity index (χ0v) is 16.8. The van der Waals surface area contributed by atoms with E-state index >= 15 is 0 Å². The van der Waals surface area contributed by atoms with Gasteiger partial charge in [-0.1, -0.05) is 12.1 Å². The number of pyridine rings is 1. The minimum Gasteiger partial charge on any atom is -0.444 e. The lowest BCUT2D eigenvalue weighted by Crippen LogP contribution is -2.39. The van der Waals surface area contributed by atoms with Gasteiger partial charge in [-0.15, -0.1) is 0 Å². The summed E-state index contributed by atoms with van der Waals surface area (Å²) in [7, 11) is 0. The maximum absolute atomic E-state index is 12.9. The number of alkyl halides is 3. The molecule has 0 radical (unpaired) electrons. The van der Waals surface area contributed by atoms with Crippen molar-refractivity contribution in [3.63, 3.8) is 0 Å². The maximum atomic E-state index is 12.9. The second-order valence-electron chi connectivity index (χ2n) is 7.69. The molecule has 0 fully saturated rings. The van der Waals surface area contributed by atoms with E-state index in [4.69, 9.17) is 4.74 Å². The molecule has 1 amide bonds. The number of anilines is 2. The fourth-order valence-corrected chi connectivity index (χ4v) is 2.82. The van der Waals surface area contributed by atoms with Crippen LogP contribution in [0, 0.1) is 0 Å². The molecule has 0 saturated heterocycles. The fourth-order valence-electron chi connectivity index (χ4n) is 2.82. The van der Waals surface area contributed by atoms with Gasteiger partial charge in [0.1, 0.15) is 22.8 Å². The van der Waals surface area contributed by atoms with Crippen molar-refractivity contribution in [1.29, 1.82) is 0 Å². The van der Waals surface area contributed by atoms with Gasteiger partial charge in [0, 0.05) is 25.5 Å². The van der Waals surface area contributed by atoms with Gasteiger partial charge in [-0.25, -0.2) is 14.8 Å². The largest absolute Gasteiger partial charge is 0.444 e. The lowest BCUT2D eigenvalue weighted by Gasteiger charge is -2.29. The Bertz CT molecular complexity index is 954. The molecule has 30 heavy (non-hydrogen) atoms. The van der Waals surface area contributed by atoms with E-state index in [1.807, 2.05) is 6.08 Å². The molecule has 0 aromatic carbocycles. The van der Waals surface area contributed by atoms with Crippen LogP contribution in [0.2, 0.25) is 0 Å². The summed E-state index contributed by atoms with van der Waals surface area (Å²) in [4.78, 5) is 25.9. The molecular weight excluding hydrogens is 399 g/mol. The third-order valence-electron chi connectivity index (χ3n) is 4.15. The molecule has 3 rings (SSSR count). The third-order valence-corrected chi connectivity index (χ3v) is 4.15. The van der Waals surface area contributed by atoms with Crippen LogP contribution < -0.4 is 5.32 Å². The van der Waals surface area contributed by atoms with Crippen molar-refractivity contribution in [3.05, 3.63) is 48.1 Å². The fraction of sp³-hybridized carbons (Fsp3) is 0.400. The zero-order chi connectivity index (χ0) is 21.9. The third kappa shape index (κ3) is 5.46. The molecule has 0 aliphatic carbocycles. The van der Waals surface area contributed by atoms with Gasteiger partial charge in [-0.2, -0.15) is 13.2 Å². The van der Waals surface area contributed by atoms with Gasteiger partial charge in [-0.3, -0.25) is 4.98 Å². The molecule has 2 aromatic heterocycles. The van der Waals surface area contributed by atoms with Gasteiger partial charge < -0.3 is 15.0 Å². The van der Waals surface area contributed by atoms with Gasteiger partial charge in [0.25, 0.3) is 0 Å². The van der Waals surface area contributed by atoms with E-state index in [0.29, 0.717) is 31.0 Å². The number of hydrogen-bond acceptors (Lipinski definition) is 6. The highest BCUT2D eigenvalue weighted by Crippen LogP contribution is 2.30. The SMILES string of the molecule is CC(C)(C)OC(=O)N1CC=C(c2nccnc2Nc2cccc(C(F)(F)F)n2)CC1. The second-order valence-corrected chi connectivity index (χ2v) is 7.69. The van der Waals surface area contributed by atoms with Crippen LogP contribution in [-0.2, 0) is 10.9 Å². The Morgan fingerprint density at radius 3 is 2.53 bits per heavy atom. The number of ether oxygens (including phenoxy) is 1. The predicted octanol–water partition coefficient (Wildman–Crippen LogP) is 4.66. The highest BCUT2D eigenvalue weighted by Gasteiger charge is 2.32. The Labute approximate surface area is 172 Å². The van der Waals surface area contributed by atoms with Crippen molar-refractivity contribution in [2.75, 3.05) is 18.4 Å². The number of nitrogens with one attached hydrogen (secondary N) is 1. The monoisotopic (exact) mass is 421 g/mol. The minimum atomic E-state index is -4.54. The summed E-state index contributed by atoms with van der Waals surface area (Å²) >= 11 is 0. The molecule has 0 saturated carbocycles. The van der Waals surface area contributed by atoms with Crippen LogP contribution >= 0.6 is 0 Å². The van der Waals surface area contributed by atoms with Crippen molar-refractivity contribution in [2.45, 2.75) is 39.0 Å². The standard InChI is InChI=1S/C20H22F3N5O2/c1-19(2,3)30-18(29)28-11-7-13(8-12-28)16-17(25-10-9-24-16)27-15-6-4-5-14(26-15)20(21,22)23/h4-7,9-10H,8,11-12H2,1-3H3,(H,25,26,27). The van der Waals surface area contributed by atoms with E-state index < -0.39 is 23.6 Å². The van der Waals surface area contributed by atoms with E-state index in [0.717, 1.165) is 11.6 Å². The van der Waals surface area contributed by atoms with E-state index in [2.05, 4.69) is 20.3 Å². The first kappa shape index (κ1) is 21.5. The average Bonchev–Trinajstić information content (AvgIpc) is 2.67. The van der Waals surface area contributed by atoms with Gasteiger partial charge in [0.15, 0.2) is 5.82 Å². The molecular formula is C20H22F3N5O2. The summed E-state index contributed by atoms with van der Waals surface area (Å²) in [5.41, 5.74) is -0.248. The summed E-state index contributed by atoms with van der Waals surface area (Å²) in [5, 5.41) is 2.82. The average molecular weight is 421 g/mol. The molecule has 1 aliphatic rings. The van der Waals surface area contributed by atoms with Gasteiger partial charge >= 0.3 is 12.3 Å². The second kappa shape index (κ2) is 8.29. The van der Waals surface area contributed by atoms with Crippen LogP contribution in [0.3, 0.4) is 0 Å². The molecule has 1 aliphatic heterocycles. The number of hydrogen-bond donors (Lipinski definition) is 1. The van der Waals surface area contributed by atoms with Gasteiger partial charge in [-0.05, 0) is 44.9 Å². The Balaban J connectivity index is 1.77. The Morgan fingerprint density at radius 2 is 1.90 bits per heavy atom. The molecule has 1 N–H and O–H groups in total. The zero-order valence-electron chi connectivity index (χ0n) is 16.8. The molecule has 0 bridgehead atoms. The van der Waals surface area contributed by atoms with Crippen LogP contribution in [0.1, 0.15) is 38.6 Å². The highest BCUT2D eigenvalue weighted by atomic mass is 19.4. The van der Waals surface area contributed by atoms with Gasteiger partial charge in [0.05, 0.1) is 0 Å². The number of carbonyl (C=O) groups is 1. The first-order chi connectivity index (χ1) is 14.0. The molecule has 2 aromatic rings. The Kier molecular flexibility index (Phi) is 5.95. The molecule has 3 heterocycles. The molecule has 0 unspecified atom stereocenters. The number of carbonyl (C=O) groups excluding carboxylic acids is 1. The van der Waals surface area contributed by atoms with E-state index in [-0.39, 0.29) is 5.82 Å². The Morgan fingerprint density at radius 1 is 1.17 bits per heavy atom. The maximum Gasteiger partial charge on any atom is 0.433 e. The van der Waals surface area contributed by atoms with E-state index in [1.54, 1.807) is 25.7 Å². The number of amides is 1. The molecule has 0 spiro atoms. The molecule has 160 valence electrons. The molecule has 0 atom stereocenters. The highest BCUT2D eigenvalue weighted by molar-refractivity contribution is 5.76. The van der Waals surface area contributed by atoms with E-state index in [9.17, 15) is 18.0 Å². The summed E-state index contributed by atoms with van der Waals surface area (Å²) in [6.07, 6.45) is 0.338. The van der Waals surface area contributed by atoms with Crippen LogP contribution in [0.15, 0.2) is 36.7 Å². The molecule has 10 heteroatoms. The lowest BCUT2D eigenvalue weighted by atomic mass is 10.0. The number of aromatic nitrogens is 3. The minimum absolute atomic E-state index is 0.0124. The first-order valence-electron chi connectivity index (χ1n) is 9.32. The lowest BCUT2D eigenvalue weighted by molar-refractivity contribution is -0.141. The van der Waals surface area contributed by atoms with Crippen LogP contribution in [-0.4, -0.2) is 44.6 Å². The first-order valence-corrected chi connectivity index (χ1v) is 9.32. The summed E-state index contributed by atoms with van der Waals surface area (Å²) in [6, 6.07) is 3.59. The van der Waals surface area contributed by atoms with Crippen molar-refractivity contribution < 1.29 is 22.7 Å². The van der Waals surface area contributed by atoms with Gasteiger partial charge in [0.2, 0.25) is 0 Å². The number of halogens is 3. The predicted molar refractivity (Wildman–Crippen MR) is 105 cm³/mol. The summed E-state index contributed by atoms with van der Waals surface area (Å²) in [6.45, 7) is 6.17. The topological polar surface area (TPSA) is 80.2 Å². The summed E-state index contributed by atoms with van der Waals surface area (Å²) < 4.78 is 44.1. The van der Waals surface area contributed by atoms with Crippen LogP contribution in [0.4, 0.5) is 29.6 Å². The van der Waals surface area contributed by atoms with E-state index in [1.165, 1.54) is 24.5 Å². The smallest absolute Gasteiger partial charge is 0.433 e. The van der Waals surface area contributed by atoms with Crippen molar-refractivity contribution in [2.24, 2.45) is 0 Å². The summed E-state index contributed by atoms with van der Waals surface area (Å²) in [5.74, 6) is 0.305. The van der Waals surface area contributed by atoms with Crippen LogP contribution in [0.25, 0.3) is 5.57 Å². The normalized spacial score (nSPS) is 14.9. The van der Waals surface area contributed by atoms with Crippen molar-refractivity contribution >= 4 is 23.3 Å². The number of rotatable bonds is 3. The molecule has 7 nitrogen and oxygen atoms in total. The van der Waals surface area contributed by atoms with Crippen LogP contribution in [0.5, 0.6) is 0 Å². The van der Waals surface area contributed by atoms with Crippen molar-refractivity contribution in [3.8, 4) is 0 Å². The quantitative estimate of drug-likeness (QED) is 0.777. The Hall–Kier alpha value is -3.17. The van der Waals surface area contributed by atoms with Crippen molar-refractivity contribution in [1.82, 2.24) is 19.9 Å². The number of nitrogens with zero attached hydrogens (tertiary/aromatic N) is 4.